The van der Waals surface area contributed by atoms with Gasteiger partial charge in [0.15, 0.2) is 0 Å². The van der Waals surface area contributed by atoms with Gasteiger partial charge in [0, 0.05) is 37.0 Å². The summed E-state index contributed by atoms with van der Waals surface area (Å²) in [7, 11) is 3.58. The highest BCUT2D eigenvalue weighted by Gasteiger charge is 2.14. The van der Waals surface area contributed by atoms with Crippen LogP contribution >= 0.6 is 0 Å². The fourth-order valence-electron chi connectivity index (χ4n) is 3.71. The number of rotatable bonds is 6. The van der Waals surface area contributed by atoms with Gasteiger partial charge in [-0.15, -0.1) is 5.10 Å². The predicted octanol–water partition coefficient (Wildman–Crippen LogP) is 3.52. The van der Waals surface area contributed by atoms with E-state index in [0.717, 1.165) is 33.4 Å². The van der Waals surface area contributed by atoms with Crippen LogP contribution < -0.4 is 5.69 Å². The largest absolute Gasteiger partial charge is 0.475 e. The summed E-state index contributed by atoms with van der Waals surface area (Å²) in [5.41, 5.74) is 5.08. The van der Waals surface area contributed by atoms with E-state index in [1.54, 1.807) is 7.05 Å². The zero-order valence-electron chi connectivity index (χ0n) is 19.5. The molecule has 0 amide bonds. The van der Waals surface area contributed by atoms with Gasteiger partial charge in [-0.1, -0.05) is 37.3 Å². The zero-order valence-corrected chi connectivity index (χ0v) is 19.5. The van der Waals surface area contributed by atoms with Crippen LogP contribution in [0.3, 0.4) is 0 Å². The fraction of sp³-hybridized carbons (Fsp3) is 0.292. The highest BCUT2D eigenvalue weighted by molar-refractivity contribution is 6.02. The second-order valence-electron chi connectivity index (χ2n) is 7.84. The van der Waals surface area contributed by atoms with E-state index in [1.165, 1.54) is 9.36 Å². The van der Waals surface area contributed by atoms with Crippen LogP contribution in [0, 0.1) is 6.92 Å². The number of hydrogen-bond acceptors (Lipinski definition) is 6. The Balaban J connectivity index is 1.58. The third-order valence-corrected chi connectivity index (χ3v) is 5.65. The van der Waals surface area contributed by atoms with Crippen LogP contribution in [0.1, 0.15) is 37.1 Å². The maximum Gasteiger partial charge on any atom is 0.368 e. The summed E-state index contributed by atoms with van der Waals surface area (Å²) >= 11 is 0. The first-order chi connectivity index (χ1) is 15.9. The molecular weight excluding hydrogens is 418 g/mol. The normalized spacial score (nSPS) is 12.5. The summed E-state index contributed by atoms with van der Waals surface area (Å²) in [6, 6.07) is 16.0. The van der Waals surface area contributed by atoms with Crippen LogP contribution in [-0.2, 0) is 25.4 Å². The van der Waals surface area contributed by atoms with Crippen molar-refractivity contribution in [3.63, 3.8) is 0 Å². The zero-order chi connectivity index (χ0) is 23.5. The van der Waals surface area contributed by atoms with Gasteiger partial charge in [-0.2, -0.15) is 14.5 Å². The van der Waals surface area contributed by atoms with Crippen molar-refractivity contribution in [2.45, 2.75) is 33.8 Å². The average Bonchev–Trinajstić information content (AvgIpc) is 3.33. The second kappa shape index (κ2) is 9.23. The Morgan fingerprint density at radius 3 is 2.55 bits per heavy atom. The molecule has 0 bridgehead atoms. The summed E-state index contributed by atoms with van der Waals surface area (Å²) in [5, 5.41) is 17.7. The molecule has 9 heteroatoms. The molecule has 2 aromatic carbocycles. The van der Waals surface area contributed by atoms with Crippen molar-refractivity contribution in [1.82, 2.24) is 24.4 Å². The highest BCUT2D eigenvalue weighted by Crippen LogP contribution is 2.20. The smallest absolute Gasteiger partial charge is 0.368 e. The molecule has 2 heterocycles. The fourth-order valence-corrected chi connectivity index (χ4v) is 3.71. The van der Waals surface area contributed by atoms with E-state index in [9.17, 15) is 4.79 Å². The maximum atomic E-state index is 12.3. The number of nitrogens with zero attached hydrogens (tertiary/aromatic N) is 7. The Kier molecular flexibility index (Phi) is 6.21. The monoisotopic (exact) mass is 445 g/mol. The molecule has 33 heavy (non-hydrogen) atoms. The number of tetrazole rings is 1. The molecular formula is C24H27N7O2. The lowest BCUT2D eigenvalue weighted by atomic mass is 10.1. The Hall–Kier alpha value is -4.01. The van der Waals surface area contributed by atoms with Gasteiger partial charge >= 0.3 is 5.69 Å². The molecule has 9 nitrogen and oxygen atoms in total. The Labute approximate surface area is 191 Å². The van der Waals surface area contributed by atoms with Crippen molar-refractivity contribution >= 4 is 22.5 Å². The molecule has 0 saturated heterocycles. The first-order valence-corrected chi connectivity index (χ1v) is 10.8. The highest BCUT2D eigenvalue weighted by atomic mass is 16.5. The van der Waals surface area contributed by atoms with Crippen LogP contribution in [0.15, 0.2) is 63.5 Å². The Bertz CT molecular complexity index is 1420. The predicted molar refractivity (Wildman–Crippen MR) is 129 cm³/mol. The lowest BCUT2D eigenvalue weighted by Gasteiger charge is -2.13. The van der Waals surface area contributed by atoms with Crippen molar-refractivity contribution in [3.05, 3.63) is 75.8 Å². The number of hydrogen-bond donors (Lipinski definition) is 0. The van der Waals surface area contributed by atoms with E-state index in [2.05, 4.69) is 43.4 Å². The molecule has 0 spiro atoms. The van der Waals surface area contributed by atoms with Crippen molar-refractivity contribution in [2.24, 2.45) is 24.3 Å². The van der Waals surface area contributed by atoms with Crippen LogP contribution in [0.5, 0.6) is 0 Å². The first-order valence-electron chi connectivity index (χ1n) is 10.8. The molecule has 0 aliphatic heterocycles. The van der Waals surface area contributed by atoms with E-state index in [1.807, 2.05) is 58.2 Å². The van der Waals surface area contributed by atoms with Gasteiger partial charge in [0.25, 0.3) is 0 Å². The number of ether oxygens (including phenoxy) is 1. The van der Waals surface area contributed by atoms with Crippen LogP contribution in [0.4, 0.5) is 0 Å². The molecule has 170 valence electrons. The first kappa shape index (κ1) is 22.2. The third-order valence-electron chi connectivity index (χ3n) is 5.65. The van der Waals surface area contributed by atoms with E-state index in [4.69, 9.17) is 4.74 Å². The SMILES string of the molecule is CC/C(=N\N=C(C)c1cc2ccccc2n1C)OCc1c(C)cccc1-n1nnn(C)c1=O. The van der Waals surface area contributed by atoms with Crippen molar-refractivity contribution in [1.29, 1.82) is 0 Å². The standard InChI is InChI=1S/C24H27N7O2/c1-6-23(26-25-17(3)22-14-18-11-7-8-12-20(18)29(22)4)33-15-19-16(2)10-9-13-21(19)31-24(32)30(5)27-28-31/h7-14H,6,15H2,1-5H3/b25-17?,26-23+. The summed E-state index contributed by atoms with van der Waals surface area (Å²) in [6.07, 6.45) is 0.582. The van der Waals surface area contributed by atoms with Gasteiger partial charge in [0.2, 0.25) is 5.90 Å². The van der Waals surface area contributed by atoms with E-state index in [-0.39, 0.29) is 12.3 Å². The molecule has 0 N–H and O–H groups in total. The molecule has 0 aliphatic carbocycles. The van der Waals surface area contributed by atoms with E-state index < -0.39 is 0 Å². The molecule has 0 fully saturated rings. The van der Waals surface area contributed by atoms with Crippen LogP contribution in [0.2, 0.25) is 0 Å². The van der Waals surface area contributed by atoms with Gasteiger partial charge in [-0.05, 0) is 48.0 Å². The van der Waals surface area contributed by atoms with Crippen LogP contribution in [0.25, 0.3) is 16.6 Å². The summed E-state index contributed by atoms with van der Waals surface area (Å²) in [6.45, 7) is 6.10. The average molecular weight is 446 g/mol. The topological polar surface area (TPSA) is 91.6 Å². The lowest BCUT2D eigenvalue weighted by Crippen LogP contribution is -2.23. The minimum Gasteiger partial charge on any atom is -0.475 e. The van der Waals surface area contributed by atoms with Crippen molar-refractivity contribution < 1.29 is 4.74 Å². The molecule has 2 aromatic heterocycles. The molecule has 0 saturated carbocycles. The minimum atomic E-state index is -0.318. The van der Waals surface area contributed by atoms with Gasteiger partial charge in [-0.3, -0.25) is 0 Å². The van der Waals surface area contributed by atoms with Gasteiger partial charge in [-0.25, -0.2) is 4.79 Å². The molecule has 0 aliphatic rings. The minimum absolute atomic E-state index is 0.236. The summed E-state index contributed by atoms with van der Waals surface area (Å²) in [5.74, 6) is 0.508. The molecule has 4 aromatic rings. The van der Waals surface area contributed by atoms with Crippen molar-refractivity contribution in [3.8, 4) is 5.69 Å². The van der Waals surface area contributed by atoms with E-state index >= 15 is 0 Å². The Morgan fingerprint density at radius 2 is 1.85 bits per heavy atom. The third kappa shape index (κ3) is 4.34. The summed E-state index contributed by atoms with van der Waals surface area (Å²) < 4.78 is 10.6. The second-order valence-corrected chi connectivity index (χ2v) is 7.84. The molecule has 0 radical (unpaired) electrons. The molecule has 0 atom stereocenters. The number of aromatic nitrogens is 5. The number of para-hydroxylation sites is 1. The number of fused-ring (bicyclic) bond motifs is 1. The lowest BCUT2D eigenvalue weighted by molar-refractivity contribution is 0.282. The number of aryl methyl sites for hydroxylation is 3. The van der Waals surface area contributed by atoms with Crippen molar-refractivity contribution in [2.75, 3.05) is 0 Å². The van der Waals surface area contributed by atoms with Gasteiger partial charge < -0.3 is 9.30 Å². The van der Waals surface area contributed by atoms with Crippen LogP contribution in [-0.4, -0.2) is 36.0 Å². The Morgan fingerprint density at radius 1 is 1.06 bits per heavy atom. The number of benzene rings is 2. The maximum absolute atomic E-state index is 12.3. The van der Waals surface area contributed by atoms with Gasteiger partial charge in [0.1, 0.15) is 6.61 Å². The quantitative estimate of drug-likeness (QED) is 0.258. The summed E-state index contributed by atoms with van der Waals surface area (Å²) in [4.78, 5) is 12.3. The molecule has 0 unspecified atom stereocenters. The van der Waals surface area contributed by atoms with E-state index in [0.29, 0.717) is 18.0 Å². The van der Waals surface area contributed by atoms with Gasteiger partial charge in [0.05, 0.1) is 17.1 Å². The molecule has 4 rings (SSSR count).